The van der Waals surface area contributed by atoms with Crippen LogP contribution in [0.3, 0.4) is 0 Å². The molecule has 0 fully saturated rings. The largest absolute Gasteiger partial charge is 0.496 e. The summed E-state index contributed by atoms with van der Waals surface area (Å²) < 4.78 is 5.42. The van der Waals surface area contributed by atoms with Gasteiger partial charge < -0.3 is 4.74 Å². The average molecular weight is 402 g/mol. The fourth-order valence-corrected chi connectivity index (χ4v) is 4.12. The van der Waals surface area contributed by atoms with Crippen LogP contribution in [0, 0.1) is 0 Å². The van der Waals surface area contributed by atoms with Crippen molar-refractivity contribution < 1.29 is 14.3 Å². The van der Waals surface area contributed by atoms with Gasteiger partial charge in [-0.15, -0.1) is 11.8 Å². The lowest BCUT2D eigenvalue weighted by Crippen LogP contribution is -2.31. The zero-order chi connectivity index (χ0) is 19.6. The molecular formula is C21H20ClNO3S. The van der Waals surface area contributed by atoms with E-state index in [1.807, 2.05) is 44.2 Å². The minimum absolute atomic E-state index is 0.137. The Labute approximate surface area is 168 Å². The van der Waals surface area contributed by atoms with Crippen molar-refractivity contribution in [2.75, 3.05) is 7.11 Å². The standard InChI is InChI=1S/C21H20ClNO3S/c1-13(2)27-19-18(15-9-5-7-11-17(15)26-3)20(24)23(21(19)25)12-14-8-4-6-10-16(14)22/h4-11,13H,12H2,1-3H3. The van der Waals surface area contributed by atoms with Gasteiger partial charge in [0.15, 0.2) is 0 Å². The van der Waals surface area contributed by atoms with Crippen LogP contribution in [0.2, 0.25) is 5.02 Å². The van der Waals surface area contributed by atoms with Gasteiger partial charge in [0.2, 0.25) is 0 Å². The number of benzene rings is 2. The molecule has 0 bridgehead atoms. The SMILES string of the molecule is COc1ccccc1C1=C(SC(C)C)C(=O)N(Cc2ccccc2Cl)C1=O. The van der Waals surface area contributed by atoms with Crippen molar-refractivity contribution >= 4 is 40.8 Å². The van der Waals surface area contributed by atoms with E-state index >= 15 is 0 Å². The summed E-state index contributed by atoms with van der Waals surface area (Å²) in [6.07, 6.45) is 0. The van der Waals surface area contributed by atoms with Gasteiger partial charge in [0.25, 0.3) is 11.8 Å². The number of carbonyl (C=O) groups excluding carboxylic acids is 2. The van der Waals surface area contributed by atoms with Crippen molar-refractivity contribution in [3.05, 3.63) is 69.6 Å². The van der Waals surface area contributed by atoms with Crippen LogP contribution < -0.4 is 4.74 Å². The Morgan fingerprint density at radius 1 is 1.04 bits per heavy atom. The second-order valence-electron chi connectivity index (χ2n) is 6.36. The van der Waals surface area contributed by atoms with Gasteiger partial charge in [0, 0.05) is 15.8 Å². The number of nitrogens with zero attached hydrogens (tertiary/aromatic N) is 1. The molecule has 1 heterocycles. The highest BCUT2D eigenvalue weighted by Gasteiger charge is 2.40. The van der Waals surface area contributed by atoms with E-state index in [0.29, 0.717) is 26.8 Å². The molecule has 140 valence electrons. The minimum atomic E-state index is -0.326. The Hall–Kier alpha value is -2.24. The molecule has 3 rings (SSSR count). The third-order valence-corrected chi connectivity index (χ3v) is 5.60. The second kappa shape index (κ2) is 8.19. The van der Waals surface area contributed by atoms with Crippen molar-refractivity contribution in [2.45, 2.75) is 25.6 Å². The molecule has 0 unspecified atom stereocenters. The molecule has 0 N–H and O–H groups in total. The van der Waals surface area contributed by atoms with Crippen molar-refractivity contribution in [3.8, 4) is 5.75 Å². The molecule has 0 spiro atoms. The number of para-hydroxylation sites is 1. The van der Waals surface area contributed by atoms with Crippen LogP contribution in [0.4, 0.5) is 0 Å². The summed E-state index contributed by atoms with van der Waals surface area (Å²) in [6, 6.07) is 14.5. The quantitative estimate of drug-likeness (QED) is 0.654. The minimum Gasteiger partial charge on any atom is -0.496 e. The van der Waals surface area contributed by atoms with Crippen LogP contribution in [-0.4, -0.2) is 29.1 Å². The lowest BCUT2D eigenvalue weighted by atomic mass is 10.0. The summed E-state index contributed by atoms with van der Waals surface area (Å²) in [5.41, 5.74) is 1.75. The molecule has 0 atom stereocenters. The predicted octanol–water partition coefficient (Wildman–Crippen LogP) is 4.77. The summed E-state index contributed by atoms with van der Waals surface area (Å²) in [4.78, 5) is 28.0. The van der Waals surface area contributed by atoms with Gasteiger partial charge in [-0.2, -0.15) is 0 Å². The van der Waals surface area contributed by atoms with Crippen LogP contribution >= 0.6 is 23.4 Å². The van der Waals surface area contributed by atoms with E-state index in [2.05, 4.69) is 0 Å². The molecule has 6 heteroatoms. The monoisotopic (exact) mass is 401 g/mol. The molecule has 2 aromatic carbocycles. The summed E-state index contributed by atoms with van der Waals surface area (Å²) in [5.74, 6) is -0.0535. The van der Waals surface area contributed by atoms with Crippen LogP contribution in [0.1, 0.15) is 25.0 Å². The normalized spacial score (nSPS) is 14.5. The number of ether oxygens (including phenoxy) is 1. The fourth-order valence-electron chi connectivity index (χ4n) is 2.93. The Balaban J connectivity index is 2.05. The van der Waals surface area contributed by atoms with Crippen LogP contribution in [0.25, 0.3) is 5.57 Å². The average Bonchev–Trinajstić information content (AvgIpc) is 2.87. The maximum atomic E-state index is 13.2. The lowest BCUT2D eigenvalue weighted by molar-refractivity contribution is -0.137. The number of methoxy groups -OCH3 is 1. The van der Waals surface area contributed by atoms with Crippen molar-refractivity contribution in [1.82, 2.24) is 4.90 Å². The molecule has 0 aliphatic carbocycles. The maximum Gasteiger partial charge on any atom is 0.268 e. The Morgan fingerprint density at radius 2 is 1.70 bits per heavy atom. The van der Waals surface area contributed by atoms with Crippen molar-refractivity contribution in [2.24, 2.45) is 0 Å². The zero-order valence-corrected chi connectivity index (χ0v) is 16.9. The van der Waals surface area contributed by atoms with Gasteiger partial charge in [-0.3, -0.25) is 14.5 Å². The predicted molar refractivity (Wildman–Crippen MR) is 110 cm³/mol. The number of hydrogen-bond acceptors (Lipinski definition) is 4. The molecule has 2 aromatic rings. The van der Waals surface area contributed by atoms with E-state index in [0.717, 1.165) is 5.56 Å². The van der Waals surface area contributed by atoms with Gasteiger partial charge in [0.05, 0.1) is 24.1 Å². The van der Waals surface area contributed by atoms with E-state index in [4.69, 9.17) is 16.3 Å². The highest BCUT2D eigenvalue weighted by molar-refractivity contribution is 8.04. The number of hydrogen-bond donors (Lipinski definition) is 0. The van der Waals surface area contributed by atoms with E-state index < -0.39 is 0 Å². The highest BCUT2D eigenvalue weighted by atomic mass is 35.5. The van der Waals surface area contributed by atoms with E-state index in [9.17, 15) is 9.59 Å². The smallest absolute Gasteiger partial charge is 0.268 e. The maximum absolute atomic E-state index is 13.2. The molecule has 1 aliphatic heterocycles. The first-order valence-corrected chi connectivity index (χ1v) is 9.83. The molecular weight excluding hydrogens is 382 g/mol. The van der Waals surface area contributed by atoms with Gasteiger partial charge in [0.1, 0.15) is 5.75 Å². The van der Waals surface area contributed by atoms with Gasteiger partial charge in [-0.05, 0) is 17.7 Å². The lowest BCUT2D eigenvalue weighted by Gasteiger charge is -2.16. The molecule has 0 saturated carbocycles. The molecule has 2 amide bonds. The summed E-state index contributed by atoms with van der Waals surface area (Å²) in [6.45, 7) is 4.12. The van der Waals surface area contributed by atoms with Crippen molar-refractivity contribution in [3.63, 3.8) is 0 Å². The number of carbonyl (C=O) groups is 2. The number of amides is 2. The molecule has 0 saturated heterocycles. The Morgan fingerprint density at radius 3 is 2.37 bits per heavy atom. The van der Waals surface area contributed by atoms with Crippen LogP contribution in [-0.2, 0) is 16.1 Å². The Kier molecular flexibility index (Phi) is 5.92. The van der Waals surface area contributed by atoms with Gasteiger partial charge in [-0.1, -0.05) is 61.8 Å². The zero-order valence-electron chi connectivity index (χ0n) is 15.4. The highest BCUT2D eigenvalue weighted by Crippen LogP contribution is 2.41. The molecule has 27 heavy (non-hydrogen) atoms. The first-order chi connectivity index (χ1) is 12.9. The molecule has 1 aliphatic rings. The number of rotatable bonds is 6. The van der Waals surface area contributed by atoms with E-state index in [1.54, 1.807) is 25.3 Å². The van der Waals surface area contributed by atoms with Crippen LogP contribution in [0.5, 0.6) is 5.75 Å². The van der Waals surface area contributed by atoms with Crippen LogP contribution in [0.15, 0.2) is 53.4 Å². The fraction of sp³-hybridized carbons (Fsp3) is 0.238. The third kappa shape index (κ3) is 3.89. The number of thioether (sulfide) groups is 1. The molecule has 4 nitrogen and oxygen atoms in total. The number of imide groups is 1. The van der Waals surface area contributed by atoms with Gasteiger partial charge >= 0.3 is 0 Å². The summed E-state index contributed by atoms with van der Waals surface area (Å²) >= 11 is 7.63. The van der Waals surface area contributed by atoms with Gasteiger partial charge in [-0.25, -0.2) is 0 Å². The molecule has 0 aromatic heterocycles. The Bertz CT molecular complexity index is 923. The first kappa shape index (κ1) is 19.5. The third-order valence-electron chi connectivity index (χ3n) is 4.14. The first-order valence-electron chi connectivity index (χ1n) is 8.58. The van der Waals surface area contributed by atoms with E-state index in [-0.39, 0.29) is 23.6 Å². The number of halogens is 1. The topological polar surface area (TPSA) is 46.6 Å². The summed E-state index contributed by atoms with van der Waals surface area (Å²) in [7, 11) is 1.55. The van der Waals surface area contributed by atoms with Crippen molar-refractivity contribution in [1.29, 1.82) is 0 Å². The second-order valence-corrected chi connectivity index (χ2v) is 8.35. The van der Waals surface area contributed by atoms with E-state index in [1.165, 1.54) is 16.7 Å². The molecule has 0 radical (unpaired) electrons. The summed E-state index contributed by atoms with van der Waals surface area (Å²) in [5, 5.41) is 0.684.